The van der Waals surface area contributed by atoms with E-state index in [0.29, 0.717) is 6.42 Å². The molecule has 6 nitrogen and oxygen atoms in total. The van der Waals surface area contributed by atoms with E-state index in [-0.39, 0.29) is 5.91 Å². The number of aromatic nitrogens is 2. The Labute approximate surface area is 154 Å². The molecule has 0 bridgehead atoms. The molecule has 0 unspecified atom stereocenters. The molecule has 1 fully saturated rings. The van der Waals surface area contributed by atoms with Gasteiger partial charge in [0.15, 0.2) is 0 Å². The lowest BCUT2D eigenvalue weighted by Gasteiger charge is -2.22. The average Bonchev–Trinajstić information content (AvgIpc) is 2.90. The molecule has 3 rings (SSSR count). The fourth-order valence-corrected chi connectivity index (χ4v) is 3.14. The Morgan fingerprint density at radius 2 is 1.88 bits per heavy atom. The molecule has 1 saturated heterocycles. The predicted molar refractivity (Wildman–Crippen MR) is 99.9 cm³/mol. The van der Waals surface area contributed by atoms with Crippen LogP contribution in [-0.2, 0) is 17.8 Å². The summed E-state index contributed by atoms with van der Waals surface area (Å²) in [5, 5.41) is 0. The first-order chi connectivity index (χ1) is 12.6. The van der Waals surface area contributed by atoms with Gasteiger partial charge < -0.3 is 9.64 Å². The first-order valence-corrected chi connectivity index (χ1v) is 9.04. The molecule has 138 valence electrons. The van der Waals surface area contributed by atoms with Crippen LogP contribution in [0.25, 0.3) is 0 Å². The number of aryl methyl sites for hydroxylation is 1. The highest BCUT2D eigenvalue weighted by atomic mass is 16.5. The van der Waals surface area contributed by atoms with Crippen LogP contribution >= 0.6 is 0 Å². The highest BCUT2D eigenvalue weighted by Crippen LogP contribution is 2.14. The molecular formula is C20H26N4O2. The molecule has 2 heterocycles. The van der Waals surface area contributed by atoms with E-state index >= 15 is 0 Å². The summed E-state index contributed by atoms with van der Waals surface area (Å²) in [5.41, 5.74) is 2.93. The van der Waals surface area contributed by atoms with Gasteiger partial charge in [0.05, 0.1) is 24.9 Å². The van der Waals surface area contributed by atoms with Crippen molar-refractivity contribution in [2.45, 2.75) is 26.3 Å². The number of carbonyl (C=O) groups excluding carboxylic acids is 1. The molecule has 1 aromatic carbocycles. The summed E-state index contributed by atoms with van der Waals surface area (Å²) >= 11 is 0. The zero-order valence-electron chi connectivity index (χ0n) is 15.5. The van der Waals surface area contributed by atoms with E-state index in [1.807, 2.05) is 42.3 Å². The highest BCUT2D eigenvalue weighted by molar-refractivity contribution is 5.78. The SMILES string of the molecule is COc1ccc(CC(=O)N2CCCN(Cc3cnc(C)cn3)CC2)cc1. The van der Waals surface area contributed by atoms with Gasteiger partial charge in [-0.05, 0) is 31.0 Å². The van der Waals surface area contributed by atoms with Crippen molar-refractivity contribution in [2.75, 3.05) is 33.3 Å². The number of nitrogens with zero attached hydrogens (tertiary/aromatic N) is 4. The summed E-state index contributed by atoms with van der Waals surface area (Å²) in [5.74, 6) is 0.998. The van der Waals surface area contributed by atoms with Crippen molar-refractivity contribution in [3.8, 4) is 5.75 Å². The van der Waals surface area contributed by atoms with Crippen molar-refractivity contribution in [2.24, 2.45) is 0 Å². The van der Waals surface area contributed by atoms with E-state index in [0.717, 1.165) is 61.8 Å². The van der Waals surface area contributed by atoms with Gasteiger partial charge in [0.25, 0.3) is 0 Å². The molecule has 1 aliphatic heterocycles. The number of carbonyl (C=O) groups is 1. The van der Waals surface area contributed by atoms with Crippen molar-refractivity contribution in [3.05, 3.63) is 53.6 Å². The van der Waals surface area contributed by atoms with Gasteiger partial charge in [-0.15, -0.1) is 0 Å². The molecule has 1 amide bonds. The largest absolute Gasteiger partial charge is 0.497 e. The van der Waals surface area contributed by atoms with Gasteiger partial charge in [-0.2, -0.15) is 0 Å². The summed E-state index contributed by atoms with van der Waals surface area (Å²) in [4.78, 5) is 25.7. The molecule has 2 aromatic rings. The van der Waals surface area contributed by atoms with Gasteiger partial charge in [-0.25, -0.2) is 0 Å². The second kappa shape index (κ2) is 8.76. The number of amides is 1. The van der Waals surface area contributed by atoms with E-state index in [1.165, 1.54) is 0 Å². The van der Waals surface area contributed by atoms with Crippen LogP contribution in [0.3, 0.4) is 0 Å². The molecule has 0 radical (unpaired) electrons. The van der Waals surface area contributed by atoms with Gasteiger partial charge in [-0.1, -0.05) is 12.1 Å². The maximum absolute atomic E-state index is 12.6. The summed E-state index contributed by atoms with van der Waals surface area (Å²) in [6.07, 6.45) is 5.06. The minimum atomic E-state index is 0.187. The monoisotopic (exact) mass is 354 g/mol. The van der Waals surface area contributed by atoms with Crippen molar-refractivity contribution in [1.82, 2.24) is 19.8 Å². The number of hydrogen-bond acceptors (Lipinski definition) is 5. The van der Waals surface area contributed by atoms with Crippen molar-refractivity contribution >= 4 is 5.91 Å². The Morgan fingerprint density at radius 1 is 1.08 bits per heavy atom. The molecule has 1 aromatic heterocycles. The molecule has 0 aliphatic carbocycles. The number of methoxy groups -OCH3 is 1. The maximum Gasteiger partial charge on any atom is 0.227 e. The van der Waals surface area contributed by atoms with Crippen LogP contribution in [0.4, 0.5) is 0 Å². The van der Waals surface area contributed by atoms with Crippen LogP contribution in [0.1, 0.15) is 23.4 Å². The lowest BCUT2D eigenvalue weighted by Crippen LogP contribution is -2.36. The number of ether oxygens (including phenoxy) is 1. The minimum absolute atomic E-state index is 0.187. The quantitative estimate of drug-likeness (QED) is 0.823. The first-order valence-electron chi connectivity index (χ1n) is 9.04. The summed E-state index contributed by atoms with van der Waals surface area (Å²) < 4.78 is 5.16. The maximum atomic E-state index is 12.6. The third-order valence-electron chi connectivity index (χ3n) is 4.68. The normalized spacial score (nSPS) is 15.5. The predicted octanol–water partition coefficient (Wildman–Crippen LogP) is 2.07. The molecule has 0 spiro atoms. The number of benzene rings is 1. The molecular weight excluding hydrogens is 328 g/mol. The van der Waals surface area contributed by atoms with E-state index in [4.69, 9.17) is 4.74 Å². The Hall–Kier alpha value is -2.47. The van der Waals surface area contributed by atoms with E-state index < -0.39 is 0 Å². The summed E-state index contributed by atoms with van der Waals surface area (Å²) in [6, 6.07) is 7.71. The second-order valence-corrected chi connectivity index (χ2v) is 6.68. The lowest BCUT2D eigenvalue weighted by molar-refractivity contribution is -0.130. The fourth-order valence-electron chi connectivity index (χ4n) is 3.14. The van der Waals surface area contributed by atoms with Gasteiger partial charge in [-0.3, -0.25) is 19.7 Å². The Balaban J connectivity index is 1.52. The van der Waals surface area contributed by atoms with E-state index in [9.17, 15) is 4.79 Å². The standard InChI is InChI=1S/C20H26N4O2/c1-16-13-22-18(14-21-16)15-23-8-3-9-24(11-10-23)20(25)12-17-4-6-19(26-2)7-5-17/h4-7,13-14H,3,8-12,15H2,1-2H3. The summed E-state index contributed by atoms with van der Waals surface area (Å²) in [6.45, 7) is 6.13. The number of hydrogen-bond donors (Lipinski definition) is 0. The third kappa shape index (κ3) is 5.02. The van der Waals surface area contributed by atoms with Crippen LogP contribution in [-0.4, -0.2) is 59.0 Å². The molecule has 0 N–H and O–H groups in total. The second-order valence-electron chi connectivity index (χ2n) is 6.68. The van der Waals surface area contributed by atoms with Crippen molar-refractivity contribution in [1.29, 1.82) is 0 Å². The van der Waals surface area contributed by atoms with Gasteiger partial charge >= 0.3 is 0 Å². The van der Waals surface area contributed by atoms with Crippen molar-refractivity contribution in [3.63, 3.8) is 0 Å². The van der Waals surface area contributed by atoms with Gasteiger partial charge in [0.2, 0.25) is 5.91 Å². The molecule has 0 atom stereocenters. The molecule has 6 heteroatoms. The van der Waals surface area contributed by atoms with E-state index in [1.54, 1.807) is 13.3 Å². The highest BCUT2D eigenvalue weighted by Gasteiger charge is 2.19. The van der Waals surface area contributed by atoms with Crippen LogP contribution < -0.4 is 4.74 Å². The van der Waals surface area contributed by atoms with Gasteiger partial charge in [0.1, 0.15) is 5.75 Å². The fraction of sp³-hybridized carbons (Fsp3) is 0.450. The smallest absolute Gasteiger partial charge is 0.227 e. The van der Waals surface area contributed by atoms with Crippen molar-refractivity contribution < 1.29 is 9.53 Å². The Morgan fingerprint density at radius 3 is 2.58 bits per heavy atom. The van der Waals surface area contributed by atoms with Gasteiger partial charge in [0, 0.05) is 45.1 Å². The third-order valence-corrected chi connectivity index (χ3v) is 4.68. The lowest BCUT2D eigenvalue weighted by atomic mass is 10.1. The average molecular weight is 354 g/mol. The Bertz CT molecular complexity index is 716. The van der Waals surface area contributed by atoms with Crippen LogP contribution in [0.15, 0.2) is 36.7 Å². The van der Waals surface area contributed by atoms with E-state index in [2.05, 4.69) is 14.9 Å². The zero-order chi connectivity index (χ0) is 18.4. The summed E-state index contributed by atoms with van der Waals surface area (Å²) in [7, 11) is 1.64. The Kier molecular flexibility index (Phi) is 6.17. The molecule has 0 saturated carbocycles. The topological polar surface area (TPSA) is 58.6 Å². The minimum Gasteiger partial charge on any atom is -0.497 e. The number of rotatable bonds is 5. The van der Waals surface area contributed by atoms with Crippen LogP contribution in [0, 0.1) is 6.92 Å². The molecule has 1 aliphatic rings. The first kappa shape index (κ1) is 18.3. The molecule has 26 heavy (non-hydrogen) atoms. The zero-order valence-corrected chi connectivity index (χ0v) is 15.5. The van der Waals surface area contributed by atoms with Crippen LogP contribution in [0.5, 0.6) is 5.75 Å². The van der Waals surface area contributed by atoms with Crippen LogP contribution in [0.2, 0.25) is 0 Å².